The van der Waals surface area contributed by atoms with Crippen LogP contribution in [-0.2, 0) is 0 Å². The van der Waals surface area contributed by atoms with Crippen molar-refractivity contribution in [2.24, 2.45) is 0 Å². The van der Waals surface area contributed by atoms with Gasteiger partial charge in [-0.05, 0) is 79.6 Å². The van der Waals surface area contributed by atoms with Crippen molar-refractivity contribution in [1.29, 1.82) is 5.26 Å². The highest BCUT2D eigenvalue weighted by Crippen LogP contribution is 2.24. The molecule has 9 nitrogen and oxygen atoms in total. The predicted octanol–water partition coefficient (Wildman–Crippen LogP) is 3.49. The highest BCUT2D eigenvalue weighted by molar-refractivity contribution is 6.05. The number of benzene rings is 3. The fourth-order valence-corrected chi connectivity index (χ4v) is 4.44. The van der Waals surface area contributed by atoms with Gasteiger partial charge < -0.3 is 20.6 Å². The highest BCUT2D eigenvalue weighted by atomic mass is 16.3. The van der Waals surface area contributed by atoms with Gasteiger partial charge in [0.15, 0.2) is 0 Å². The molecule has 1 aromatic heterocycles. The van der Waals surface area contributed by atoms with Crippen molar-refractivity contribution in [2.75, 3.05) is 29.9 Å². The van der Waals surface area contributed by atoms with Crippen molar-refractivity contribution in [3.63, 3.8) is 0 Å². The normalized spacial score (nSPS) is 13.8. The molecule has 37 heavy (non-hydrogen) atoms. The number of amides is 2. The van der Waals surface area contributed by atoms with Gasteiger partial charge in [-0.15, -0.1) is 0 Å². The molecule has 0 radical (unpaired) electrons. The van der Waals surface area contributed by atoms with Crippen molar-refractivity contribution in [3.8, 4) is 11.8 Å². The van der Waals surface area contributed by atoms with Crippen LogP contribution in [0, 0.1) is 11.3 Å². The summed E-state index contributed by atoms with van der Waals surface area (Å²) >= 11 is 0. The number of hydrogen-bond acceptors (Lipinski definition) is 6. The zero-order valence-corrected chi connectivity index (χ0v) is 20.1. The summed E-state index contributed by atoms with van der Waals surface area (Å²) in [4.78, 5) is 27.1. The van der Waals surface area contributed by atoms with Crippen LogP contribution in [0.3, 0.4) is 0 Å². The molecular formula is C28H26N6O3. The van der Waals surface area contributed by atoms with Gasteiger partial charge >= 0.3 is 0 Å². The largest absolute Gasteiger partial charge is 0.393 e. The van der Waals surface area contributed by atoms with E-state index in [9.17, 15) is 14.7 Å². The third kappa shape index (κ3) is 5.29. The number of aromatic nitrogens is 2. The maximum absolute atomic E-state index is 12.8. The highest BCUT2D eigenvalue weighted by Gasteiger charge is 2.17. The Labute approximate surface area is 213 Å². The van der Waals surface area contributed by atoms with E-state index in [4.69, 9.17) is 5.26 Å². The Bertz CT molecular complexity index is 1460. The molecule has 5 rings (SSSR count). The third-order valence-electron chi connectivity index (χ3n) is 6.49. The lowest BCUT2D eigenvalue weighted by atomic mass is 10.1. The molecule has 0 saturated carbocycles. The molecular weight excluding hydrogens is 468 g/mol. The first-order valence-electron chi connectivity index (χ1n) is 12.1. The Hall–Kier alpha value is -4.68. The van der Waals surface area contributed by atoms with Gasteiger partial charge in [0.05, 0.1) is 29.6 Å². The zero-order valence-electron chi connectivity index (χ0n) is 20.1. The van der Waals surface area contributed by atoms with Gasteiger partial charge in [-0.25, -0.2) is 4.68 Å². The number of aliphatic hydroxyl groups is 1. The first kappa shape index (κ1) is 24.0. The first-order chi connectivity index (χ1) is 18.0. The predicted molar refractivity (Wildman–Crippen MR) is 141 cm³/mol. The number of nitriles is 1. The average Bonchev–Trinajstić information content (AvgIpc) is 3.35. The second-order valence-electron chi connectivity index (χ2n) is 8.94. The molecule has 2 heterocycles. The van der Waals surface area contributed by atoms with Crippen LogP contribution in [0.25, 0.3) is 16.6 Å². The van der Waals surface area contributed by atoms with Gasteiger partial charge in [0.1, 0.15) is 6.54 Å². The number of rotatable bonds is 6. The number of aliphatic hydroxyl groups excluding tert-OH is 1. The van der Waals surface area contributed by atoms with Gasteiger partial charge in [-0.2, -0.15) is 10.4 Å². The quantitative estimate of drug-likeness (QED) is 0.353. The van der Waals surface area contributed by atoms with Gasteiger partial charge in [0, 0.05) is 41.0 Å². The molecule has 4 aromatic rings. The van der Waals surface area contributed by atoms with E-state index in [0.717, 1.165) is 48.2 Å². The van der Waals surface area contributed by atoms with Crippen molar-refractivity contribution < 1.29 is 14.7 Å². The van der Waals surface area contributed by atoms with E-state index in [1.165, 1.54) is 0 Å². The molecule has 0 spiro atoms. The molecule has 0 unspecified atom stereocenters. The van der Waals surface area contributed by atoms with Gasteiger partial charge in [0.25, 0.3) is 11.8 Å². The lowest BCUT2D eigenvalue weighted by Crippen LogP contribution is -2.35. The van der Waals surface area contributed by atoms with Gasteiger partial charge in [0.2, 0.25) is 0 Å². The van der Waals surface area contributed by atoms with E-state index in [1.807, 2.05) is 48.5 Å². The second kappa shape index (κ2) is 10.5. The number of carbonyl (C=O) groups excluding carboxylic acids is 2. The molecule has 0 atom stereocenters. The Morgan fingerprint density at radius 1 is 0.946 bits per heavy atom. The van der Waals surface area contributed by atoms with E-state index in [-0.39, 0.29) is 24.5 Å². The van der Waals surface area contributed by atoms with Crippen molar-refractivity contribution in [3.05, 3.63) is 84.1 Å². The van der Waals surface area contributed by atoms with E-state index in [1.54, 1.807) is 35.1 Å². The molecule has 0 bridgehead atoms. The van der Waals surface area contributed by atoms with Crippen molar-refractivity contribution in [2.45, 2.75) is 18.9 Å². The van der Waals surface area contributed by atoms with E-state index in [2.05, 4.69) is 20.6 Å². The summed E-state index contributed by atoms with van der Waals surface area (Å²) in [5.41, 5.74) is 4.38. The Balaban J connectivity index is 1.26. The number of hydrogen-bond donors (Lipinski definition) is 3. The summed E-state index contributed by atoms with van der Waals surface area (Å²) < 4.78 is 1.76. The van der Waals surface area contributed by atoms with Crippen molar-refractivity contribution >= 4 is 34.1 Å². The molecule has 0 aliphatic carbocycles. The molecule has 3 N–H and O–H groups in total. The Morgan fingerprint density at radius 3 is 2.27 bits per heavy atom. The molecule has 1 aliphatic rings. The van der Waals surface area contributed by atoms with Crippen LogP contribution in [0.1, 0.15) is 33.6 Å². The number of carbonyl (C=O) groups is 2. The summed E-state index contributed by atoms with van der Waals surface area (Å²) in [7, 11) is 0. The van der Waals surface area contributed by atoms with E-state index in [0.29, 0.717) is 16.8 Å². The topological polar surface area (TPSA) is 123 Å². The number of piperidine rings is 1. The molecule has 1 fully saturated rings. The lowest BCUT2D eigenvalue weighted by Gasteiger charge is -2.31. The van der Waals surface area contributed by atoms with E-state index < -0.39 is 0 Å². The molecule has 1 saturated heterocycles. The minimum absolute atomic E-state index is 0.0427. The maximum atomic E-state index is 12.8. The second-order valence-corrected chi connectivity index (χ2v) is 8.94. The molecule has 9 heteroatoms. The molecule has 2 amide bonds. The van der Waals surface area contributed by atoms with Crippen LogP contribution in [0.5, 0.6) is 0 Å². The van der Waals surface area contributed by atoms with E-state index >= 15 is 0 Å². The Kier molecular flexibility index (Phi) is 6.83. The number of fused-ring (bicyclic) bond motifs is 1. The first-order valence-corrected chi connectivity index (χ1v) is 12.1. The summed E-state index contributed by atoms with van der Waals surface area (Å²) in [6, 6.07) is 21.9. The minimum Gasteiger partial charge on any atom is -0.393 e. The summed E-state index contributed by atoms with van der Waals surface area (Å²) in [6.07, 6.45) is 3.02. The molecule has 3 aromatic carbocycles. The molecule has 186 valence electrons. The standard InChI is InChI=1S/C28H26N6O3/c29-13-14-30-27(36)19-3-8-24(9-4-19)34-26-10-5-22(17-21(26)18-31-34)32-28(37)20-1-6-23(7-2-20)33-15-11-25(35)12-16-33/h1-10,17-18,25,35H,11-12,14-16H2,(H,30,36)(H,32,37). The van der Waals surface area contributed by atoms with Gasteiger partial charge in [-0.1, -0.05) is 0 Å². The fourth-order valence-electron chi connectivity index (χ4n) is 4.44. The van der Waals surface area contributed by atoms with Crippen molar-refractivity contribution in [1.82, 2.24) is 15.1 Å². The average molecular weight is 495 g/mol. The SMILES string of the molecule is N#CCNC(=O)c1ccc(-n2ncc3cc(NC(=O)c4ccc(N5CCC(O)CC5)cc4)ccc32)cc1. The smallest absolute Gasteiger partial charge is 0.255 e. The zero-order chi connectivity index (χ0) is 25.8. The van der Waals surface area contributed by atoms with Crippen LogP contribution in [-0.4, -0.2) is 52.4 Å². The maximum Gasteiger partial charge on any atom is 0.255 e. The number of nitrogens with one attached hydrogen (secondary N) is 2. The monoisotopic (exact) mass is 494 g/mol. The van der Waals surface area contributed by atoms with Crippen LogP contribution < -0.4 is 15.5 Å². The van der Waals surface area contributed by atoms with Crippen LogP contribution in [0.2, 0.25) is 0 Å². The lowest BCUT2D eigenvalue weighted by molar-refractivity contribution is 0.0957. The number of nitrogens with zero attached hydrogens (tertiary/aromatic N) is 4. The van der Waals surface area contributed by atoms with Crippen LogP contribution in [0.15, 0.2) is 72.9 Å². The summed E-state index contributed by atoms with van der Waals surface area (Å²) in [5.74, 6) is -0.502. The number of anilines is 2. The Morgan fingerprint density at radius 2 is 1.59 bits per heavy atom. The molecule has 1 aliphatic heterocycles. The third-order valence-corrected chi connectivity index (χ3v) is 6.49. The fraction of sp³-hybridized carbons (Fsp3) is 0.214. The minimum atomic E-state index is -0.306. The van der Waals surface area contributed by atoms with Crippen LogP contribution in [0.4, 0.5) is 11.4 Å². The summed E-state index contributed by atoms with van der Waals surface area (Å²) in [6.45, 7) is 1.57. The summed E-state index contributed by atoms with van der Waals surface area (Å²) in [5, 5.41) is 29.1. The van der Waals surface area contributed by atoms with Crippen LogP contribution >= 0.6 is 0 Å². The van der Waals surface area contributed by atoms with Gasteiger partial charge in [-0.3, -0.25) is 9.59 Å².